The number of rotatable bonds is 4. The molecular formula is C22H27NO. The Balaban J connectivity index is 2.10. The van der Waals surface area contributed by atoms with E-state index in [9.17, 15) is 4.79 Å². The molecule has 1 N–H and O–H groups in total. The molecule has 0 fully saturated rings. The fourth-order valence-corrected chi connectivity index (χ4v) is 3.88. The van der Waals surface area contributed by atoms with Crippen LogP contribution in [0.4, 0.5) is 0 Å². The predicted octanol–water partition coefficient (Wildman–Crippen LogP) is 4.87. The molecule has 1 atom stereocenters. The molecule has 126 valence electrons. The maximum absolute atomic E-state index is 11.2. The first-order chi connectivity index (χ1) is 11.3. The number of carbonyl (C=O) groups excluding carboxylic acids is 1. The van der Waals surface area contributed by atoms with Crippen molar-refractivity contribution in [2.45, 2.75) is 57.4 Å². The second kappa shape index (κ2) is 6.08. The number of amides is 1. The molecule has 0 heterocycles. The normalized spacial score (nSPS) is 19.2. The van der Waals surface area contributed by atoms with Crippen LogP contribution in [0.1, 0.15) is 68.8 Å². The van der Waals surface area contributed by atoms with Crippen LogP contribution in [0.2, 0.25) is 0 Å². The van der Waals surface area contributed by atoms with Gasteiger partial charge in [-0.25, -0.2) is 0 Å². The van der Waals surface area contributed by atoms with Crippen LogP contribution in [0, 0.1) is 0 Å². The van der Waals surface area contributed by atoms with E-state index in [2.05, 4.69) is 63.3 Å². The summed E-state index contributed by atoms with van der Waals surface area (Å²) >= 11 is 0. The molecule has 1 aliphatic rings. The fraction of sp³-hybridized carbons (Fsp3) is 0.409. The van der Waals surface area contributed by atoms with Gasteiger partial charge in [-0.05, 0) is 45.9 Å². The smallest absolute Gasteiger partial charge is 0.207 e. The Labute approximate surface area is 145 Å². The summed E-state index contributed by atoms with van der Waals surface area (Å²) in [7, 11) is 0. The van der Waals surface area contributed by atoms with E-state index in [4.69, 9.17) is 0 Å². The summed E-state index contributed by atoms with van der Waals surface area (Å²) in [6.07, 6.45) is 3.20. The highest BCUT2D eigenvalue weighted by Gasteiger charge is 2.37. The summed E-state index contributed by atoms with van der Waals surface area (Å²) in [5.74, 6) is 0. The summed E-state index contributed by atoms with van der Waals surface area (Å²) in [4.78, 5) is 11.2. The van der Waals surface area contributed by atoms with Gasteiger partial charge in [0.15, 0.2) is 0 Å². The van der Waals surface area contributed by atoms with Crippen molar-refractivity contribution in [3.63, 3.8) is 0 Å². The van der Waals surface area contributed by atoms with E-state index < -0.39 is 0 Å². The van der Waals surface area contributed by atoms with Crippen LogP contribution in [-0.2, 0) is 15.6 Å². The van der Waals surface area contributed by atoms with E-state index in [-0.39, 0.29) is 16.9 Å². The second-order valence-electron chi connectivity index (χ2n) is 8.20. The highest BCUT2D eigenvalue weighted by molar-refractivity contribution is 5.52. The van der Waals surface area contributed by atoms with Gasteiger partial charge in [-0.15, -0.1) is 0 Å². The lowest BCUT2D eigenvalue weighted by Gasteiger charge is -2.42. The zero-order chi connectivity index (χ0) is 17.4. The van der Waals surface area contributed by atoms with Crippen LogP contribution in [0.25, 0.3) is 0 Å². The third-order valence-corrected chi connectivity index (χ3v) is 5.58. The van der Waals surface area contributed by atoms with Crippen LogP contribution < -0.4 is 5.32 Å². The first kappa shape index (κ1) is 16.8. The summed E-state index contributed by atoms with van der Waals surface area (Å²) in [6.45, 7) is 9.32. The van der Waals surface area contributed by atoms with Crippen LogP contribution in [-0.4, -0.2) is 6.41 Å². The highest BCUT2D eigenvalue weighted by atomic mass is 16.1. The molecule has 3 rings (SSSR count). The number of carbonyl (C=O) groups is 1. The molecule has 0 saturated heterocycles. The first-order valence-corrected chi connectivity index (χ1v) is 8.75. The largest absolute Gasteiger partial charge is 0.348 e. The summed E-state index contributed by atoms with van der Waals surface area (Å²) < 4.78 is 0. The summed E-state index contributed by atoms with van der Waals surface area (Å²) in [5, 5.41) is 2.99. The van der Waals surface area contributed by atoms with Crippen LogP contribution in [0.5, 0.6) is 0 Å². The van der Waals surface area contributed by atoms with Gasteiger partial charge in [0.05, 0.1) is 6.04 Å². The molecule has 2 nitrogen and oxygen atoms in total. The molecule has 2 aromatic carbocycles. The lowest BCUT2D eigenvalue weighted by molar-refractivity contribution is -0.110. The van der Waals surface area contributed by atoms with Crippen LogP contribution >= 0.6 is 0 Å². The Kier molecular flexibility index (Phi) is 4.25. The Bertz CT molecular complexity index is 731. The van der Waals surface area contributed by atoms with Gasteiger partial charge in [0.1, 0.15) is 0 Å². The standard InChI is InChI=1S/C22H27NO/c1-21(2)12-13-22(3,4)19-14-17(10-11-18(19)21)20(23-15-24)16-8-6-5-7-9-16/h5-11,14-15,20H,12-13H2,1-4H3,(H,23,24). The number of nitrogens with one attached hydrogen (secondary N) is 1. The van der Waals surface area contributed by atoms with E-state index in [1.807, 2.05) is 18.2 Å². The Morgan fingerprint density at radius 1 is 0.875 bits per heavy atom. The zero-order valence-corrected chi connectivity index (χ0v) is 15.1. The predicted molar refractivity (Wildman–Crippen MR) is 99.2 cm³/mol. The van der Waals surface area contributed by atoms with Crippen molar-refractivity contribution in [2.24, 2.45) is 0 Å². The molecule has 0 bridgehead atoms. The number of fused-ring (bicyclic) bond motifs is 1. The quantitative estimate of drug-likeness (QED) is 0.800. The number of hydrogen-bond donors (Lipinski definition) is 1. The molecule has 24 heavy (non-hydrogen) atoms. The summed E-state index contributed by atoms with van der Waals surface area (Å²) in [6, 6.07) is 16.8. The lowest BCUT2D eigenvalue weighted by atomic mass is 9.63. The van der Waals surface area contributed by atoms with E-state index >= 15 is 0 Å². The van der Waals surface area contributed by atoms with Gasteiger partial charge in [-0.1, -0.05) is 76.2 Å². The minimum absolute atomic E-state index is 0.102. The van der Waals surface area contributed by atoms with Crippen molar-refractivity contribution < 1.29 is 4.79 Å². The van der Waals surface area contributed by atoms with Gasteiger partial charge in [0, 0.05) is 0 Å². The summed E-state index contributed by atoms with van der Waals surface area (Å²) in [5.41, 5.74) is 5.51. The van der Waals surface area contributed by atoms with Crippen molar-refractivity contribution in [3.8, 4) is 0 Å². The Hall–Kier alpha value is -2.09. The van der Waals surface area contributed by atoms with Crippen LogP contribution in [0.3, 0.4) is 0 Å². The minimum atomic E-state index is -0.102. The molecule has 0 radical (unpaired) electrons. The zero-order valence-electron chi connectivity index (χ0n) is 15.1. The molecule has 0 spiro atoms. The van der Waals surface area contributed by atoms with Gasteiger partial charge in [-0.3, -0.25) is 4.79 Å². The average Bonchev–Trinajstić information content (AvgIpc) is 2.57. The third kappa shape index (κ3) is 2.98. The van der Waals surface area contributed by atoms with Crippen LogP contribution in [0.15, 0.2) is 48.5 Å². The van der Waals surface area contributed by atoms with E-state index in [1.54, 1.807) is 0 Å². The van der Waals surface area contributed by atoms with Gasteiger partial charge in [-0.2, -0.15) is 0 Å². The minimum Gasteiger partial charge on any atom is -0.348 e. The first-order valence-electron chi connectivity index (χ1n) is 8.75. The number of benzene rings is 2. The van der Waals surface area contributed by atoms with Gasteiger partial charge in [0.2, 0.25) is 6.41 Å². The number of hydrogen-bond acceptors (Lipinski definition) is 1. The molecule has 1 aliphatic carbocycles. The van der Waals surface area contributed by atoms with Crippen molar-refractivity contribution >= 4 is 6.41 Å². The van der Waals surface area contributed by atoms with Crippen molar-refractivity contribution in [2.75, 3.05) is 0 Å². The Morgan fingerprint density at radius 2 is 1.50 bits per heavy atom. The maximum atomic E-state index is 11.2. The van der Waals surface area contributed by atoms with E-state index in [0.717, 1.165) is 17.5 Å². The SMILES string of the molecule is CC1(C)CCC(C)(C)c2cc(C(NC=O)c3ccccc3)ccc21. The Morgan fingerprint density at radius 3 is 2.12 bits per heavy atom. The third-order valence-electron chi connectivity index (χ3n) is 5.58. The van der Waals surface area contributed by atoms with Crippen molar-refractivity contribution in [1.82, 2.24) is 5.32 Å². The van der Waals surface area contributed by atoms with E-state index in [0.29, 0.717) is 0 Å². The van der Waals surface area contributed by atoms with Gasteiger partial charge < -0.3 is 5.32 Å². The molecule has 2 aromatic rings. The van der Waals surface area contributed by atoms with E-state index in [1.165, 1.54) is 24.0 Å². The maximum Gasteiger partial charge on any atom is 0.207 e. The molecule has 1 amide bonds. The topological polar surface area (TPSA) is 29.1 Å². The molecule has 0 aliphatic heterocycles. The monoisotopic (exact) mass is 321 g/mol. The highest BCUT2D eigenvalue weighted by Crippen LogP contribution is 2.46. The van der Waals surface area contributed by atoms with Gasteiger partial charge >= 0.3 is 0 Å². The average molecular weight is 321 g/mol. The molecule has 2 heteroatoms. The molecule has 1 unspecified atom stereocenters. The molecular weight excluding hydrogens is 294 g/mol. The fourth-order valence-electron chi connectivity index (χ4n) is 3.88. The van der Waals surface area contributed by atoms with Crippen molar-refractivity contribution in [1.29, 1.82) is 0 Å². The second-order valence-corrected chi connectivity index (χ2v) is 8.20. The molecule has 0 aromatic heterocycles. The van der Waals surface area contributed by atoms with Crippen molar-refractivity contribution in [3.05, 3.63) is 70.8 Å². The van der Waals surface area contributed by atoms with Gasteiger partial charge in [0.25, 0.3) is 0 Å². The lowest BCUT2D eigenvalue weighted by Crippen LogP contribution is -2.34. The molecule has 0 saturated carbocycles.